The number of aryl methyl sites for hydroxylation is 1. The van der Waals surface area contributed by atoms with E-state index in [1.807, 2.05) is 0 Å². The largest absolute Gasteiger partial charge is 0.491 e. The lowest BCUT2D eigenvalue weighted by Crippen LogP contribution is -2.47. The number of carbonyl (C=O) groups is 3. The summed E-state index contributed by atoms with van der Waals surface area (Å²) in [5.41, 5.74) is 0.0943. The first-order chi connectivity index (χ1) is 18.1. The van der Waals surface area contributed by atoms with Crippen LogP contribution in [0.3, 0.4) is 0 Å². The third-order valence-electron chi connectivity index (χ3n) is 7.05. The summed E-state index contributed by atoms with van der Waals surface area (Å²) in [6.45, 7) is -0.243. The maximum Gasteiger partial charge on any atom is 0.325 e. The number of halogens is 1. The van der Waals surface area contributed by atoms with Gasteiger partial charge < -0.3 is 15.0 Å². The van der Waals surface area contributed by atoms with Crippen LogP contribution in [0.5, 0.6) is 5.75 Å². The van der Waals surface area contributed by atoms with Gasteiger partial charge in [-0.1, -0.05) is 12.1 Å². The van der Waals surface area contributed by atoms with Crippen LogP contribution in [0.1, 0.15) is 11.1 Å². The predicted molar refractivity (Wildman–Crippen MR) is 130 cm³/mol. The number of sulfone groups is 1. The fourth-order valence-corrected chi connectivity index (χ4v) is 7.14. The van der Waals surface area contributed by atoms with Crippen molar-refractivity contribution in [2.24, 2.45) is 7.05 Å². The molecule has 11 nitrogen and oxygen atoms in total. The van der Waals surface area contributed by atoms with Crippen molar-refractivity contribution in [2.45, 2.75) is 17.0 Å². The molecule has 0 bridgehead atoms. The number of carbonyl (C=O) groups excluding carboxylic acids is 3. The SMILES string of the molecule is Cn1cc(-c2ccc3c(c2)S(=O)(=O)CC32NC(=O)N(CC(=O)N3CCOc4ccc(F)cc4C3)C2=O)cn1. The molecule has 38 heavy (non-hydrogen) atoms. The maximum absolute atomic E-state index is 13.7. The van der Waals surface area contributed by atoms with Crippen molar-refractivity contribution in [3.05, 3.63) is 65.7 Å². The van der Waals surface area contributed by atoms with E-state index in [2.05, 4.69) is 10.4 Å². The van der Waals surface area contributed by atoms with E-state index in [1.54, 1.807) is 30.2 Å². The van der Waals surface area contributed by atoms with E-state index in [0.717, 1.165) is 4.90 Å². The zero-order valence-electron chi connectivity index (χ0n) is 20.2. The van der Waals surface area contributed by atoms with Crippen LogP contribution >= 0.6 is 0 Å². The Hall–Kier alpha value is -4.26. The van der Waals surface area contributed by atoms with Gasteiger partial charge >= 0.3 is 6.03 Å². The second kappa shape index (κ2) is 8.38. The molecule has 3 aliphatic heterocycles. The Bertz CT molecular complexity index is 1640. The van der Waals surface area contributed by atoms with Crippen molar-refractivity contribution in [3.8, 4) is 16.9 Å². The van der Waals surface area contributed by atoms with Crippen LogP contribution in [-0.4, -0.2) is 71.3 Å². The summed E-state index contributed by atoms with van der Waals surface area (Å²) in [7, 11) is -2.19. The van der Waals surface area contributed by atoms with Crippen molar-refractivity contribution >= 4 is 27.7 Å². The predicted octanol–water partition coefficient (Wildman–Crippen LogP) is 1.18. The maximum atomic E-state index is 13.7. The zero-order valence-corrected chi connectivity index (χ0v) is 21.0. The van der Waals surface area contributed by atoms with E-state index in [0.29, 0.717) is 22.4 Å². The van der Waals surface area contributed by atoms with Crippen molar-refractivity contribution in [1.29, 1.82) is 0 Å². The van der Waals surface area contributed by atoms with Crippen molar-refractivity contribution in [3.63, 3.8) is 0 Å². The molecule has 1 unspecified atom stereocenters. The second-order valence-corrected chi connectivity index (χ2v) is 11.5. The van der Waals surface area contributed by atoms with Gasteiger partial charge in [-0.05, 0) is 29.8 Å². The molecule has 196 valence electrons. The van der Waals surface area contributed by atoms with Crippen LogP contribution in [0.2, 0.25) is 0 Å². The Morgan fingerprint density at radius 3 is 2.76 bits per heavy atom. The molecular formula is C25H22FN5O6S. The highest BCUT2D eigenvalue weighted by Crippen LogP contribution is 2.43. The van der Waals surface area contributed by atoms with Gasteiger partial charge in [-0.3, -0.25) is 19.2 Å². The first kappa shape index (κ1) is 24.1. The lowest BCUT2D eigenvalue weighted by atomic mass is 9.91. The number of fused-ring (bicyclic) bond motifs is 3. The summed E-state index contributed by atoms with van der Waals surface area (Å²) in [4.78, 5) is 41.7. The molecule has 1 saturated heterocycles. The van der Waals surface area contributed by atoms with Crippen molar-refractivity contribution < 1.29 is 31.9 Å². The van der Waals surface area contributed by atoms with Gasteiger partial charge in [-0.15, -0.1) is 0 Å². The monoisotopic (exact) mass is 539 g/mol. The fourth-order valence-electron chi connectivity index (χ4n) is 5.18. The molecule has 0 saturated carbocycles. The van der Waals surface area contributed by atoms with Gasteiger partial charge in [0.2, 0.25) is 5.91 Å². The topological polar surface area (TPSA) is 131 Å². The minimum atomic E-state index is -3.93. The molecule has 3 aliphatic rings. The molecule has 4 heterocycles. The number of hydrogen-bond acceptors (Lipinski definition) is 7. The molecule has 1 aromatic heterocycles. The molecule has 1 spiro atoms. The van der Waals surface area contributed by atoms with Gasteiger partial charge in [0, 0.05) is 36.5 Å². The standard InChI is InChI=1S/C25H22FN5O6S/c1-29-11-17(10-27-29)15-2-4-19-21(9-15)38(35,36)14-25(19)23(33)31(24(34)28-25)13-22(32)30-6-7-37-20-5-3-18(26)8-16(20)12-30/h2-5,8-11H,6-7,12-14H2,1H3,(H,28,34). The summed E-state index contributed by atoms with van der Waals surface area (Å²) in [5.74, 6) is -2.05. The minimum Gasteiger partial charge on any atom is -0.491 e. The number of nitrogens with one attached hydrogen (secondary N) is 1. The first-order valence-electron chi connectivity index (χ1n) is 11.8. The van der Waals surface area contributed by atoms with E-state index < -0.39 is 51.3 Å². The highest BCUT2D eigenvalue weighted by molar-refractivity contribution is 7.92. The number of rotatable bonds is 3. The second-order valence-electron chi connectivity index (χ2n) is 9.52. The Balaban J connectivity index is 1.27. The third-order valence-corrected chi connectivity index (χ3v) is 8.87. The molecule has 6 rings (SSSR count). The number of amides is 4. The summed E-state index contributed by atoms with van der Waals surface area (Å²) in [6.07, 6.45) is 3.32. The molecule has 1 fully saturated rings. The summed E-state index contributed by atoms with van der Waals surface area (Å²) < 4.78 is 47.2. The van der Waals surface area contributed by atoms with E-state index in [1.165, 1.54) is 35.2 Å². The van der Waals surface area contributed by atoms with Gasteiger partial charge in [0.25, 0.3) is 5.91 Å². The molecule has 0 aliphatic carbocycles. The van der Waals surface area contributed by atoms with Crippen LogP contribution in [0.25, 0.3) is 11.1 Å². The average molecular weight is 540 g/mol. The molecule has 0 radical (unpaired) electrons. The van der Waals surface area contributed by atoms with Gasteiger partial charge in [0.15, 0.2) is 15.4 Å². The Morgan fingerprint density at radius 2 is 2.00 bits per heavy atom. The van der Waals surface area contributed by atoms with Crippen LogP contribution in [0.15, 0.2) is 53.7 Å². The number of nitrogens with zero attached hydrogens (tertiary/aromatic N) is 4. The van der Waals surface area contributed by atoms with E-state index >= 15 is 0 Å². The molecule has 1 atom stereocenters. The minimum absolute atomic E-state index is 0.0368. The van der Waals surface area contributed by atoms with E-state index in [9.17, 15) is 27.2 Å². The normalized spacial score (nSPS) is 21.6. The van der Waals surface area contributed by atoms with E-state index in [-0.39, 0.29) is 30.2 Å². The van der Waals surface area contributed by atoms with Gasteiger partial charge in [-0.25, -0.2) is 17.6 Å². The summed E-state index contributed by atoms with van der Waals surface area (Å²) in [6, 6.07) is 7.80. The molecule has 1 N–H and O–H groups in total. The Labute approximate surface area is 216 Å². The Kier molecular flexibility index (Phi) is 5.31. The summed E-state index contributed by atoms with van der Waals surface area (Å²) in [5, 5.41) is 6.65. The van der Waals surface area contributed by atoms with Crippen LogP contribution in [-0.2, 0) is 38.6 Å². The number of aromatic nitrogens is 2. The Morgan fingerprint density at radius 1 is 1.18 bits per heavy atom. The number of hydrogen-bond donors (Lipinski definition) is 1. The summed E-state index contributed by atoms with van der Waals surface area (Å²) >= 11 is 0. The third kappa shape index (κ3) is 3.72. The smallest absolute Gasteiger partial charge is 0.325 e. The van der Waals surface area contributed by atoms with Gasteiger partial charge in [0.1, 0.15) is 24.7 Å². The molecule has 2 aromatic carbocycles. The number of ether oxygens (including phenoxy) is 1. The van der Waals surface area contributed by atoms with Crippen LogP contribution in [0.4, 0.5) is 9.18 Å². The number of benzene rings is 2. The highest BCUT2D eigenvalue weighted by atomic mass is 32.2. The number of urea groups is 1. The highest BCUT2D eigenvalue weighted by Gasteiger charge is 2.60. The fraction of sp³-hybridized carbons (Fsp3) is 0.280. The van der Waals surface area contributed by atoms with Crippen LogP contribution in [0, 0.1) is 5.82 Å². The van der Waals surface area contributed by atoms with Crippen molar-refractivity contribution in [1.82, 2.24) is 24.9 Å². The average Bonchev–Trinajstić information content (AvgIpc) is 3.40. The lowest BCUT2D eigenvalue weighted by molar-refractivity contribution is -0.139. The van der Waals surface area contributed by atoms with Crippen molar-refractivity contribution in [2.75, 3.05) is 25.4 Å². The zero-order chi connectivity index (χ0) is 26.8. The number of imide groups is 1. The molecule has 4 amide bonds. The lowest BCUT2D eigenvalue weighted by Gasteiger charge is -2.23. The van der Waals surface area contributed by atoms with E-state index in [4.69, 9.17) is 4.74 Å². The molecule has 13 heteroatoms. The van der Waals surface area contributed by atoms with Crippen LogP contribution < -0.4 is 10.1 Å². The molecule has 3 aromatic rings. The van der Waals surface area contributed by atoms with Gasteiger partial charge in [0.05, 0.1) is 23.4 Å². The molecular weight excluding hydrogens is 517 g/mol. The van der Waals surface area contributed by atoms with Gasteiger partial charge in [-0.2, -0.15) is 5.10 Å². The first-order valence-corrected chi connectivity index (χ1v) is 13.4. The quantitative estimate of drug-likeness (QED) is 0.495.